The number of thioether (sulfide) groups is 1. The minimum absolute atomic E-state index is 0.0471. The van der Waals surface area contributed by atoms with Crippen LogP contribution < -0.4 is 10.9 Å². The van der Waals surface area contributed by atoms with E-state index in [0.29, 0.717) is 55.2 Å². The van der Waals surface area contributed by atoms with Gasteiger partial charge in [0.05, 0.1) is 7.11 Å². The van der Waals surface area contributed by atoms with E-state index in [1.807, 2.05) is 4.57 Å². The van der Waals surface area contributed by atoms with Crippen molar-refractivity contribution in [3.8, 4) is 0 Å². The molecule has 0 aliphatic rings. The zero-order chi connectivity index (χ0) is 27.2. The van der Waals surface area contributed by atoms with Crippen LogP contribution >= 0.6 is 11.8 Å². The van der Waals surface area contributed by atoms with Gasteiger partial charge in [0.1, 0.15) is 12.1 Å². The van der Waals surface area contributed by atoms with Crippen molar-refractivity contribution in [2.75, 3.05) is 13.7 Å². The molecule has 0 aliphatic heterocycles. The van der Waals surface area contributed by atoms with Crippen molar-refractivity contribution in [3.63, 3.8) is 0 Å². The van der Waals surface area contributed by atoms with Crippen LogP contribution in [0, 0.1) is 5.82 Å². The van der Waals surface area contributed by atoms with E-state index in [1.165, 1.54) is 37.3 Å². The standard InChI is InChI=1S/C27H32FN5O4S/c1-37-25(35)7-3-2-4-12-31-24(34)6-5-13-33-17-22(14-21-15-29-19-30-16-21)26(36)32-27(33)38-18-20-8-10-23(28)11-9-20/h8-11,15-17,19H,2-7,12-14,18H2,1H3,(H,31,34). The fraction of sp³-hybridized carbons (Fsp3) is 0.407. The highest BCUT2D eigenvalue weighted by molar-refractivity contribution is 7.98. The van der Waals surface area contributed by atoms with Crippen molar-refractivity contribution < 1.29 is 18.7 Å². The van der Waals surface area contributed by atoms with Gasteiger partial charge in [-0.2, -0.15) is 4.98 Å². The van der Waals surface area contributed by atoms with E-state index >= 15 is 0 Å². The third-order valence-electron chi connectivity index (χ3n) is 5.73. The second kappa shape index (κ2) is 15.6. The number of amides is 1. The number of nitrogens with one attached hydrogen (secondary N) is 1. The van der Waals surface area contributed by atoms with Crippen LogP contribution in [0.3, 0.4) is 0 Å². The monoisotopic (exact) mass is 541 g/mol. The van der Waals surface area contributed by atoms with Gasteiger partial charge in [-0.05, 0) is 42.5 Å². The lowest BCUT2D eigenvalue weighted by atomic mass is 10.1. The first kappa shape index (κ1) is 29.0. The third kappa shape index (κ3) is 10.0. The molecule has 0 spiro atoms. The molecule has 1 N–H and O–H groups in total. The molecule has 2 heterocycles. The van der Waals surface area contributed by atoms with Crippen LogP contribution in [0.5, 0.6) is 0 Å². The molecule has 0 saturated carbocycles. The Kier molecular flexibility index (Phi) is 11.9. The van der Waals surface area contributed by atoms with Crippen molar-refractivity contribution >= 4 is 23.6 Å². The first-order valence-electron chi connectivity index (χ1n) is 12.5. The van der Waals surface area contributed by atoms with E-state index in [-0.39, 0.29) is 23.3 Å². The van der Waals surface area contributed by atoms with Crippen LogP contribution in [-0.4, -0.2) is 45.1 Å². The molecule has 9 nitrogen and oxygen atoms in total. The van der Waals surface area contributed by atoms with Gasteiger partial charge in [0, 0.05) is 62.3 Å². The molecule has 38 heavy (non-hydrogen) atoms. The molecule has 1 amide bonds. The first-order chi connectivity index (χ1) is 18.4. The molecular formula is C27H32FN5O4S. The molecule has 11 heteroatoms. The predicted octanol–water partition coefficient (Wildman–Crippen LogP) is 3.69. The topological polar surface area (TPSA) is 116 Å². The summed E-state index contributed by atoms with van der Waals surface area (Å²) in [6.45, 7) is 1.06. The van der Waals surface area contributed by atoms with E-state index < -0.39 is 0 Å². The summed E-state index contributed by atoms with van der Waals surface area (Å²) in [6.07, 6.45) is 10.5. The third-order valence-corrected chi connectivity index (χ3v) is 6.79. The van der Waals surface area contributed by atoms with Crippen molar-refractivity contribution in [2.24, 2.45) is 0 Å². The summed E-state index contributed by atoms with van der Waals surface area (Å²) < 4.78 is 19.8. The Morgan fingerprint density at radius 3 is 2.53 bits per heavy atom. The van der Waals surface area contributed by atoms with Crippen LogP contribution in [-0.2, 0) is 33.0 Å². The summed E-state index contributed by atoms with van der Waals surface area (Å²) in [7, 11) is 1.37. The number of benzene rings is 1. The Bertz CT molecular complexity index is 1240. The molecular weight excluding hydrogens is 509 g/mol. The van der Waals surface area contributed by atoms with Gasteiger partial charge in [0.15, 0.2) is 5.16 Å². The number of methoxy groups -OCH3 is 1. The molecule has 1 aromatic carbocycles. The average molecular weight is 542 g/mol. The van der Waals surface area contributed by atoms with Crippen LogP contribution in [0.15, 0.2) is 59.1 Å². The maximum Gasteiger partial charge on any atom is 0.305 e. The molecule has 0 saturated heterocycles. The minimum atomic E-state index is -0.323. The van der Waals surface area contributed by atoms with E-state index in [4.69, 9.17) is 0 Å². The van der Waals surface area contributed by atoms with Gasteiger partial charge >= 0.3 is 5.97 Å². The summed E-state index contributed by atoms with van der Waals surface area (Å²) in [4.78, 5) is 48.5. The molecule has 0 radical (unpaired) electrons. The van der Waals surface area contributed by atoms with E-state index in [0.717, 1.165) is 30.4 Å². The van der Waals surface area contributed by atoms with Crippen molar-refractivity contribution in [1.29, 1.82) is 0 Å². The highest BCUT2D eigenvalue weighted by Crippen LogP contribution is 2.21. The number of rotatable bonds is 15. The molecule has 0 bridgehead atoms. The Morgan fingerprint density at radius 1 is 1.03 bits per heavy atom. The van der Waals surface area contributed by atoms with Crippen molar-refractivity contribution in [3.05, 3.63) is 82.0 Å². The highest BCUT2D eigenvalue weighted by atomic mass is 32.2. The summed E-state index contributed by atoms with van der Waals surface area (Å²) in [5.41, 5.74) is 1.91. The summed E-state index contributed by atoms with van der Waals surface area (Å²) >= 11 is 1.39. The second-order valence-corrected chi connectivity index (χ2v) is 9.67. The van der Waals surface area contributed by atoms with Crippen molar-refractivity contribution in [2.45, 2.75) is 62.4 Å². The Labute approximate surface area is 225 Å². The van der Waals surface area contributed by atoms with Gasteiger partial charge in [-0.1, -0.05) is 30.3 Å². The maximum atomic E-state index is 13.2. The highest BCUT2D eigenvalue weighted by Gasteiger charge is 2.12. The fourth-order valence-electron chi connectivity index (χ4n) is 3.69. The van der Waals surface area contributed by atoms with Gasteiger partial charge in [-0.25, -0.2) is 14.4 Å². The number of hydrogen-bond donors (Lipinski definition) is 1. The summed E-state index contributed by atoms with van der Waals surface area (Å²) in [5.74, 6) is -0.0483. The lowest BCUT2D eigenvalue weighted by molar-refractivity contribution is -0.140. The Balaban J connectivity index is 1.57. The number of aromatic nitrogens is 4. The number of esters is 1. The fourth-order valence-corrected chi connectivity index (χ4v) is 4.63. The largest absolute Gasteiger partial charge is 0.469 e. The first-order valence-corrected chi connectivity index (χ1v) is 13.5. The summed E-state index contributed by atoms with van der Waals surface area (Å²) in [5, 5.41) is 3.45. The molecule has 202 valence electrons. The van der Waals surface area contributed by atoms with E-state index in [2.05, 4.69) is 25.0 Å². The van der Waals surface area contributed by atoms with Crippen LogP contribution in [0.4, 0.5) is 4.39 Å². The zero-order valence-electron chi connectivity index (χ0n) is 21.4. The number of ether oxygens (including phenoxy) is 1. The molecule has 2 aromatic heterocycles. The van der Waals surface area contributed by atoms with Gasteiger partial charge in [0.2, 0.25) is 5.91 Å². The van der Waals surface area contributed by atoms with Crippen LogP contribution in [0.2, 0.25) is 0 Å². The molecule has 0 unspecified atom stereocenters. The quantitative estimate of drug-likeness (QED) is 0.134. The number of carbonyl (C=O) groups excluding carboxylic acids is 2. The second-order valence-electron chi connectivity index (χ2n) is 8.73. The SMILES string of the molecule is COC(=O)CCCCCNC(=O)CCCn1cc(Cc2cncnc2)c(=O)nc1SCc1ccc(F)cc1. The van der Waals surface area contributed by atoms with Gasteiger partial charge in [-0.3, -0.25) is 14.4 Å². The number of hydrogen-bond acceptors (Lipinski definition) is 8. The molecule has 0 aliphatic carbocycles. The van der Waals surface area contributed by atoms with Crippen LogP contribution in [0.25, 0.3) is 0 Å². The molecule has 3 rings (SSSR count). The van der Waals surface area contributed by atoms with Gasteiger partial charge in [0.25, 0.3) is 5.56 Å². The molecule has 0 atom stereocenters. The minimum Gasteiger partial charge on any atom is -0.469 e. The number of aryl methyl sites for hydroxylation is 1. The Hall–Kier alpha value is -3.60. The molecule has 3 aromatic rings. The lowest BCUT2D eigenvalue weighted by Gasteiger charge is -2.14. The van der Waals surface area contributed by atoms with Gasteiger partial charge < -0.3 is 14.6 Å². The normalized spacial score (nSPS) is 10.8. The summed E-state index contributed by atoms with van der Waals surface area (Å²) in [6, 6.07) is 6.21. The zero-order valence-corrected chi connectivity index (χ0v) is 22.2. The number of halogens is 1. The number of carbonyl (C=O) groups is 2. The Morgan fingerprint density at radius 2 is 1.79 bits per heavy atom. The lowest BCUT2D eigenvalue weighted by Crippen LogP contribution is -2.25. The number of unbranched alkanes of at least 4 members (excludes halogenated alkanes) is 2. The molecule has 0 fully saturated rings. The van der Waals surface area contributed by atoms with E-state index in [1.54, 1.807) is 30.7 Å². The van der Waals surface area contributed by atoms with Crippen molar-refractivity contribution in [1.82, 2.24) is 24.8 Å². The van der Waals surface area contributed by atoms with Gasteiger partial charge in [-0.15, -0.1) is 0 Å². The maximum absolute atomic E-state index is 13.2. The van der Waals surface area contributed by atoms with E-state index in [9.17, 15) is 18.8 Å². The smallest absolute Gasteiger partial charge is 0.305 e. The predicted molar refractivity (Wildman–Crippen MR) is 142 cm³/mol. The number of nitrogens with zero attached hydrogens (tertiary/aromatic N) is 4. The van der Waals surface area contributed by atoms with Crippen LogP contribution in [0.1, 0.15) is 55.2 Å². The average Bonchev–Trinajstić information content (AvgIpc) is 2.92.